The van der Waals surface area contributed by atoms with Gasteiger partial charge < -0.3 is 4.74 Å². The van der Waals surface area contributed by atoms with Crippen molar-refractivity contribution in [1.82, 2.24) is 9.78 Å². The molecule has 0 amide bonds. The van der Waals surface area contributed by atoms with Gasteiger partial charge in [-0.3, -0.25) is 4.79 Å². The Morgan fingerprint density at radius 3 is 2.75 bits per heavy atom. The van der Waals surface area contributed by atoms with E-state index in [2.05, 4.69) is 5.10 Å². The van der Waals surface area contributed by atoms with E-state index in [0.717, 1.165) is 10.7 Å². The molecule has 0 unspecified atom stereocenters. The minimum atomic E-state index is -0.808. The molecule has 0 saturated heterocycles. The van der Waals surface area contributed by atoms with Crippen LogP contribution in [0.2, 0.25) is 10.0 Å². The Labute approximate surface area is 168 Å². The minimum absolute atomic E-state index is 0.0178. The van der Waals surface area contributed by atoms with Gasteiger partial charge in [-0.2, -0.15) is 15.0 Å². The van der Waals surface area contributed by atoms with Crippen LogP contribution in [0.25, 0.3) is 5.69 Å². The normalized spacial score (nSPS) is 10.4. The monoisotopic (exact) mass is 417 g/mol. The van der Waals surface area contributed by atoms with E-state index < -0.39 is 24.0 Å². The number of hydrogen-bond acceptors (Lipinski definition) is 5. The second-order valence-electron chi connectivity index (χ2n) is 5.53. The van der Waals surface area contributed by atoms with Crippen LogP contribution < -0.4 is 5.56 Å². The molecule has 3 aromatic rings. The summed E-state index contributed by atoms with van der Waals surface area (Å²) in [5.74, 6) is -1.42. The number of benzene rings is 2. The molecule has 1 heterocycles. The molecule has 0 spiro atoms. The number of halogens is 3. The van der Waals surface area contributed by atoms with E-state index in [4.69, 9.17) is 33.2 Å². The maximum atomic E-state index is 13.9. The number of para-hydroxylation sites is 1. The number of rotatable bonds is 4. The van der Waals surface area contributed by atoms with Crippen molar-refractivity contribution < 1.29 is 13.9 Å². The van der Waals surface area contributed by atoms with Gasteiger partial charge in [0.1, 0.15) is 17.4 Å². The quantitative estimate of drug-likeness (QED) is 0.600. The zero-order chi connectivity index (χ0) is 20.3. The zero-order valence-corrected chi connectivity index (χ0v) is 15.5. The highest BCUT2D eigenvalue weighted by Gasteiger charge is 2.18. The van der Waals surface area contributed by atoms with E-state index in [0.29, 0.717) is 0 Å². The number of aromatic nitrogens is 2. The first-order chi connectivity index (χ1) is 13.4. The molecule has 9 heteroatoms. The molecule has 28 heavy (non-hydrogen) atoms. The number of esters is 1. The Kier molecular flexibility index (Phi) is 5.73. The van der Waals surface area contributed by atoms with Crippen molar-refractivity contribution in [2.24, 2.45) is 0 Å². The molecule has 2 aromatic carbocycles. The van der Waals surface area contributed by atoms with Crippen LogP contribution in [0.1, 0.15) is 21.5 Å². The van der Waals surface area contributed by atoms with Crippen molar-refractivity contribution in [2.45, 2.75) is 6.61 Å². The third-order valence-corrected chi connectivity index (χ3v) is 4.51. The molecule has 0 aliphatic heterocycles. The molecule has 6 nitrogen and oxygen atoms in total. The number of hydrogen-bond donors (Lipinski definition) is 0. The molecule has 140 valence electrons. The second kappa shape index (κ2) is 8.21. The highest BCUT2D eigenvalue weighted by Crippen LogP contribution is 2.19. The number of nitriles is 1. The minimum Gasteiger partial charge on any atom is -0.457 e. The van der Waals surface area contributed by atoms with Gasteiger partial charge in [-0.15, -0.1) is 0 Å². The van der Waals surface area contributed by atoms with Crippen molar-refractivity contribution in [3.8, 4) is 11.8 Å². The lowest BCUT2D eigenvalue weighted by Gasteiger charge is -2.11. The first-order valence-electron chi connectivity index (χ1n) is 7.80. The van der Waals surface area contributed by atoms with Gasteiger partial charge in [0.25, 0.3) is 5.56 Å². The van der Waals surface area contributed by atoms with Gasteiger partial charge in [-0.25, -0.2) is 9.18 Å². The molecular weight excluding hydrogens is 408 g/mol. The number of carbonyl (C=O) groups excluding carboxylic acids is 1. The van der Waals surface area contributed by atoms with Crippen LogP contribution in [-0.4, -0.2) is 15.7 Å². The van der Waals surface area contributed by atoms with Crippen LogP contribution in [0.5, 0.6) is 0 Å². The van der Waals surface area contributed by atoms with E-state index in [1.165, 1.54) is 30.5 Å². The van der Waals surface area contributed by atoms with Crippen molar-refractivity contribution in [2.75, 3.05) is 0 Å². The zero-order valence-electron chi connectivity index (χ0n) is 14.0. The van der Waals surface area contributed by atoms with Gasteiger partial charge in [0.2, 0.25) is 0 Å². The lowest BCUT2D eigenvalue weighted by molar-refractivity contribution is 0.0468. The van der Waals surface area contributed by atoms with E-state index in [1.807, 2.05) is 6.07 Å². The Hall–Kier alpha value is -3.21. The molecular formula is C19H10Cl2FN3O3. The topological polar surface area (TPSA) is 85.0 Å². The fraction of sp³-hybridized carbons (Fsp3) is 0.0526. The standard InChI is InChI=1S/C19H10Cl2FN3O3/c20-14-9-24-25(18(26)17(14)21)16-4-2-1-3-13(16)19(27)28-10-12-7-11(8-23)5-6-15(12)22/h1-7,9H,10H2. The molecule has 0 aliphatic rings. The van der Waals surface area contributed by atoms with Crippen LogP contribution in [0.15, 0.2) is 53.5 Å². The summed E-state index contributed by atoms with van der Waals surface area (Å²) in [5.41, 5.74) is -0.272. The van der Waals surface area contributed by atoms with Gasteiger partial charge in [0, 0.05) is 5.56 Å². The summed E-state index contributed by atoms with van der Waals surface area (Å²) >= 11 is 11.6. The lowest BCUT2D eigenvalue weighted by Crippen LogP contribution is -2.24. The smallest absolute Gasteiger partial charge is 0.340 e. The third kappa shape index (κ3) is 3.88. The SMILES string of the molecule is N#Cc1ccc(F)c(COC(=O)c2ccccc2-n2ncc(Cl)c(Cl)c2=O)c1. The van der Waals surface area contributed by atoms with Gasteiger partial charge in [-0.05, 0) is 30.3 Å². The summed E-state index contributed by atoms with van der Waals surface area (Å²) in [6.07, 6.45) is 1.18. The molecule has 0 bridgehead atoms. The van der Waals surface area contributed by atoms with Crippen LogP contribution in [-0.2, 0) is 11.3 Å². The van der Waals surface area contributed by atoms with Crippen molar-refractivity contribution in [1.29, 1.82) is 5.26 Å². The van der Waals surface area contributed by atoms with Crippen LogP contribution in [0, 0.1) is 17.1 Å². The number of carbonyl (C=O) groups is 1. The van der Waals surface area contributed by atoms with Gasteiger partial charge in [0.05, 0.1) is 34.1 Å². The Morgan fingerprint density at radius 2 is 2.00 bits per heavy atom. The number of ether oxygens (including phenoxy) is 1. The van der Waals surface area contributed by atoms with Crippen LogP contribution in [0.3, 0.4) is 0 Å². The fourth-order valence-electron chi connectivity index (χ4n) is 2.39. The first-order valence-corrected chi connectivity index (χ1v) is 8.56. The molecule has 1 aromatic heterocycles. The lowest BCUT2D eigenvalue weighted by atomic mass is 10.1. The molecule has 0 fully saturated rings. The summed E-state index contributed by atoms with van der Waals surface area (Å²) in [5, 5.41) is 12.5. The molecule has 0 atom stereocenters. The Bertz CT molecular complexity index is 1170. The van der Waals surface area contributed by atoms with E-state index in [1.54, 1.807) is 12.1 Å². The predicted octanol–water partition coefficient (Wildman–Crippen LogP) is 3.91. The third-order valence-electron chi connectivity index (χ3n) is 3.76. The summed E-state index contributed by atoms with van der Waals surface area (Å²) in [4.78, 5) is 24.8. The highest BCUT2D eigenvalue weighted by molar-refractivity contribution is 6.41. The van der Waals surface area contributed by atoms with Crippen molar-refractivity contribution in [3.05, 3.63) is 91.6 Å². The van der Waals surface area contributed by atoms with Crippen molar-refractivity contribution in [3.63, 3.8) is 0 Å². The summed E-state index contributed by atoms with van der Waals surface area (Å²) in [7, 11) is 0. The molecule has 0 saturated carbocycles. The molecule has 3 rings (SSSR count). The van der Waals surface area contributed by atoms with Crippen molar-refractivity contribution >= 4 is 29.2 Å². The van der Waals surface area contributed by atoms with Crippen LogP contribution >= 0.6 is 23.2 Å². The van der Waals surface area contributed by atoms with Gasteiger partial charge in [-0.1, -0.05) is 35.3 Å². The van der Waals surface area contributed by atoms with Crippen LogP contribution in [0.4, 0.5) is 4.39 Å². The van der Waals surface area contributed by atoms with E-state index >= 15 is 0 Å². The number of nitrogens with zero attached hydrogens (tertiary/aromatic N) is 3. The summed E-state index contributed by atoms with van der Waals surface area (Å²) in [6, 6.07) is 11.7. The summed E-state index contributed by atoms with van der Waals surface area (Å²) in [6.45, 7) is -0.391. The predicted molar refractivity (Wildman–Crippen MR) is 100 cm³/mol. The van der Waals surface area contributed by atoms with Gasteiger partial charge in [0.15, 0.2) is 0 Å². The Balaban J connectivity index is 1.92. The molecule has 0 radical (unpaired) electrons. The second-order valence-corrected chi connectivity index (χ2v) is 6.32. The fourth-order valence-corrected chi connectivity index (χ4v) is 2.64. The average molecular weight is 418 g/mol. The van der Waals surface area contributed by atoms with E-state index in [9.17, 15) is 14.0 Å². The maximum Gasteiger partial charge on any atom is 0.340 e. The van der Waals surface area contributed by atoms with Gasteiger partial charge >= 0.3 is 5.97 Å². The highest BCUT2D eigenvalue weighted by atomic mass is 35.5. The maximum absolute atomic E-state index is 13.9. The van der Waals surface area contributed by atoms with E-state index in [-0.39, 0.29) is 32.4 Å². The molecule has 0 aliphatic carbocycles. The average Bonchev–Trinajstić information content (AvgIpc) is 2.71. The summed E-state index contributed by atoms with van der Waals surface area (Å²) < 4.78 is 19.9. The Morgan fingerprint density at radius 1 is 1.25 bits per heavy atom. The molecule has 0 N–H and O–H groups in total. The first kappa shape index (κ1) is 19.5. The largest absolute Gasteiger partial charge is 0.457 e.